The van der Waals surface area contributed by atoms with E-state index in [0.717, 1.165) is 17.8 Å². The van der Waals surface area contributed by atoms with E-state index in [1.807, 2.05) is 44.2 Å². The average Bonchev–Trinajstić information content (AvgIpc) is 3.39. The predicted molar refractivity (Wildman–Crippen MR) is 99.8 cm³/mol. The normalized spacial score (nSPS) is 12.3. The maximum absolute atomic E-state index is 13.0. The van der Waals surface area contributed by atoms with E-state index in [9.17, 15) is 13.2 Å². The molecule has 0 N–H and O–H groups in total. The third-order valence-electron chi connectivity index (χ3n) is 4.56. The minimum absolute atomic E-state index is 0.275. The highest BCUT2D eigenvalue weighted by Gasteiger charge is 2.33. The number of halogens is 3. The smallest absolute Gasteiger partial charge is 0.221 e. The molecule has 9 heteroatoms. The number of nitrogens with zero attached hydrogens (tertiary/aromatic N) is 6. The molecule has 0 bridgehead atoms. The summed E-state index contributed by atoms with van der Waals surface area (Å²) in [6, 6.07) is 14.5. The highest BCUT2D eigenvalue weighted by Crippen LogP contribution is 2.31. The molecule has 0 saturated heterocycles. The maximum atomic E-state index is 13.0. The fourth-order valence-corrected chi connectivity index (χ4v) is 2.85. The van der Waals surface area contributed by atoms with E-state index in [1.54, 1.807) is 17.1 Å². The lowest BCUT2D eigenvalue weighted by molar-refractivity contribution is -0.137. The maximum Gasteiger partial charge on any atom is 0.416 e. The average molecular weight is 398 g/mol. The van der Waals surface area contributed by atoms with Crippen LogP contribution in [0.5, 0.6) is 0 Å². The molecule has 0 spiro atoms. The molecule has 4 aromatic rings. The lowest BCUT2D eigenvalue weighted by Gasteiger charge is -2.16. The fourth-order valence-electron chi connectivity index (χ4n) is 2.85. The number of hydrogen-bond acceptors (Lipinski definition) is 4. The molecule has 148 valence electrons. The van der Waals surface area contributed by atoms with Crippen molar-refractivity contribution in [2.75, 3.05) is 0 Å². The van der Waals surface area contributed by atoms with Crippen molar-refractivity contribution in [2.24, 2.45) is 0 Å². The fraction of sp³-hybridized carbons (Fsp3) is 0.200. The Labute approximate surface area is 164 Å². The van der Waals surface area contributed by atoms with E-state index >= 15 is 0 Å². The van der Waals surface area contributed by atoms with E-state index in [4.69, 9.17) is 0 Å². The van der Waals surface area contributed by atoms with Gasteiger partial charge in [-0.15, -0.1) is 0 Å². The Morgan fingerprint density at radius 3 is 1.86 bits per heavy atom. The molecule has 6 nitrogen and oxygen atoms in total. The van der Waals surface area contributed by atoms with Crippen LogP contribution in [0.3, 0.4) is 0 Å². The zero-order valence-electron chi connectivity index (χ0n) is 15.7. The largest absolute Gasteiger partial charge is 0.416 e. The molecule has 2 heterocycles. The number of aromatic nitrogens is 6. The number of benzene rings is 2. The van der Waals surface area contributed by atoms with E-state index < -0.39 is 17.2 Å². The van der Waals surface area contributed by atoms with Crippen molar-refractivity contribution in [3.05, 3.63) is 84.5 Å². The van der Waals surface area contributed by atoms with Gasteiger partial charge >= 0.3 is 6.18 Å². The molecule has 0 aliphatic rings. The molecular weight excluding hydrogens is 381 g/mol. The van der Waals surface area contributed by atoms with Crippen molar-refractivity contribution in [3.63, 3.8) is 0 Å². The van der Waals surface area contributed by atoms with Crippen LogP contribution < -0.4 is 0 Å². The predicted octanol–water partition coefficient (Wildman–Crippen LogP) is 4.19. The molecule has 0 atom stereocenters. The topological polar surface area (TPSA) is 61.4 Å². The Balaban J connectivity index is 1.65. The van der Waals surface area contributed by atoms with Crippen LogP contribution in [0, 0.1) is 0 Å². The minimum Gasteiger partial charge on any atom is -0.221 e. The molecule has 29 heavy (non-hydrogen) atoms. The SMILES string of the molecule is CC(C)(c1ncn(-c2ccccc2)n1)c1ncn(-c2cccc(C(F)(F)F)c2)n1. The van der Waals surface area contributed by atoms with Crippen molar-refractivity contribution >= 4 is 0 Å². The molecule has 2 aromatic heterocycles. The number of rotatable bonds is 4. The molecule has 0 fully saturated rings. The zero-order valence-corrected chi connectivity index (χ0v) is 15.7. The summed E-state index contributed by atoms with van der Waals surface area (Å²) in [6.07, 6.45) is -1.43. The number of hydrogen-bond donors (Lipinski definition) is 0. The van der Waals surface area contributed by atoms with Crippen molar-refractivity contribution in [1.82, 2.24) is 29.5 Å². The first-order chi connectivity index (χ1) is 13.7. The molecule has 0 amide bonds. The summed E-state index contributed by atoms with van der Waals surface area (Å²) in [4.78, 5) is 8.68. The molecular formula is C20H17F3N6. The van der Waals surface area contributed by atoms with Gasteiger partial charge in [0, 0.05) is 0 Å². The Kier molecular flexibility index (Phi) is 4.45. The Bertz CT molecular complexity index is 1130. The molecule has 4 rings (SSSR count). The van der Waals surface area contributed by atoms with Gasteiger partial charge in [0.2, 0.25) is 0 Å². The Morgan fingerprint density at radius 1 is 0.724 bits per heavy atom. The quantitative estimate of drug-likeness (QED) is 0.517. The van der Waals surface area contributed by atoms with Gasteiger partial charge in [-0.1, -0.05) is 24.3 Å². The summed E-state index contributed by atoms with van der Waals surface area (Å²) >= 11 is 0. The van der Waals surface area contributed by atoms with Gasteiger partial charge in [-0.05, 0) is 44.2 Å². The standard InChI is InChI=1S/C20H17F3N6/c1-19(2,17-24-12-28(26-17)15-8-4-3-5-9-15)18-25-13-29(27-18)16-10-6-7-14(11-16)20(21,22)23/h3-13H,1-2H3. The lowest BCUT2D eigenvalue weighted by Crippen LogP contribution is -2.23. The number of alkyl halides is 3. The summed E-state index contributed by atoms with van der Waals surface area (Å²) in [6.45, 7) is 3.73. The Morgan fingerprint density at radius 2 is 1.28 bits per heavy atom. The van der Waals surface area contributed by atoms with Gasteiger partial charge in [-0.2, -0.15) is 23.4 Å². The molecule has 0 aliphatic heterocycles. The first kappa shape index (κ1) is 18.9. The van der Waals surface area contributed by atoms with Gasteiger partial charge < -0.3 is 0 Å². The van der Waals surface area contributed by atoms with Crippen molar-refractivity contribution in [1.29, 1.82) is 0 Å². The van der Waals surface area contributed by atoms with Crippen LogP contribution in [0.2, 0.25) is 0 Å². The van der Waals surface area contributed by atoms with Gasteiger partial charge in [0.15, 0.2) is 11.6 Å². The molecule has 0 saturated carbocycles. The van der Waals surface area contributed by atoms with Crippen LogP contribution in [0.1, 0.15) is 31.1 Å². The van der Waals surface area contributed by atoms with Gasteiger partial charge in [-0.3, -0.25) is 0 Å². The second-order valence-electron chi connectivity index (χ2n) is 7.03. The molecule has 2 aromatic carbocycles. The minimum atomic E-state index is -4.42. The highest BCUT2D eigenvalue weighted by molar-refractivity contribution is 5.36. The van der Waals surface area contributed by atoms with E-state index in [1.165, 1.54) is 17.1 Å². The molecule has 0 unspecified atom stereocenters. The second kappa shape index (κ2) is 6.84. The van der Waals surface area contributed by atoms with Crippen molar-refractivity contribution < 1.29 is 13.2 Å². The molecule has 0 aliphatic carbocycles. The lowest BCUT2D eigenvalue weighted by atomic mass is 9.92. The van der Waals surface area contributed by atoms with Gasteiger partial charge in [0.1, 0.15) is 12.7 Å². The summed E-state index contributed by atoms with van der Waals surface area (Å²) < 4.78 is 41.9. The third kappa shape index (κ3) is 3.63. The summed E-state index contributed by atoms with van der Waals surface area (Å²) in [5.41, 5.74) is -0.344. The summed E-state index contributed by atoms with van der Waals surface area (Å²) in [7, 11) is 0. The van der Waals surface area contributed by atoms with Crippen LogP contribution >= 0.6 is 0 Å². The summed E-state index contributed by atoms with van der Waals surface area (Å²) in [5.74, 6) is 0.906. The highest BCUT2D eigenvalue weighted by atomic mass is 19.4. The van der Waals surface area contributed by atoms with Gasteiger partial charge in [-0.25, -0.2) is 19.3 Å². The van der Waals surface area contributed by atoms with Crippen LogP contribution in [-0.4, -0.2) is 29.5 Å². The number of para-hydroxylation sites is 1. The zero-order chi connectivity index (χ0) is 20.6. The summed E-state index contributed by atoms with van der Waals surface area (Å²) in [5, 5.41) is 8.91. The third-order valence-corrected chi connectivity index (χ3v) is 4.56. The van der Waals surface area contributed by atoms with E-state index in [0.29, 0.717) is 11.6 Å². The van der Waals surface area contributed by atoms with Crippen LogP contribution in [0.4, 0.5) is 13.2 Å². The van der Waals surface area contributed by atoms with Crippen molar-refractivity contribution in [3.8, 4) is 11.4 Å². The van der Waals surface area contributed by atoms with Crippen molar-refractivity contribution in [2.45, 2.75) is 25.4 Å². The van der Waals surface area contributed by atoms with E-state index in [2.05, 4.69) is 20.2 Å². The Hall–Kier alpha value is -3.49. The first-order valence-corrected chi connectivity index (χ1v) is 8.82. The first-order valence-electron chi connectivity index (χ1n) is 8.82. The van der Waals surface area contributed by atoms with Crippen LogP contribution in [-0.2, 0) is 11.6 Å². The molecule has 0 radical (unpaired) electrons. The van der Waals surface area contributed by atoms with Gasteiger partial charge in [0.05, 0.1) is 22.4 Å². The van der Waals surface area contributed by atoms with Crippen LogP contribution in [0.25, 0.3) is 11.4 Å². The van der Waals surface area contributed by atoms with Gasteiger partial charge in [0.25, 0.3) is 0 Å². The van der Waals surface area contributed by atoms with Crippen LogP contribution in [0.15, 0.2) is 67.3 Å². The van der Waals surface area contributed by atoms with E-state index in [-0.39, 0.29) is 5.69 Å². The second-order valence-corrected chi connectivity index (χ2v) is 7.03. The monoisotopic (exact) mass is 398 g/mol.